The molecule has 0 radical (unpaired) electrons. The van der Waals surface area contributed by atoms with E-state index in [1.165, 1.54) is 0 Å². The Morgan fingerprint density at radius 1 is 1.39 bits per heavy atom. The second kappa shape index (κ2) is 4.91. The molecule has 5 nitrogen and oxygen atoms in total. The third-order valence-electron chi connectivity index (χ3n) is 2.58. The maximum Gasteiger partial charge on any atom is 0.377 e. The van der Waals surface area contributed by atoms with E-state index in [1.807, 2.05) is 30.3 Å². The van der Waals surface area contributed by atoms with Crippen LogP contribution < -0.4 is 0 Å². The van der Waals surface area contributed by atoms with Crippen molar-refractivity contribution in [2.45, 2.75) is 13.8 Å². The van der Waals surface area contributed by atoms with E-state index in [2.05, 4.69) is 4.98 Å². The van der Waals surface area contributed by atoms with Crippen LogP contribution in [0.1, 0.15) is 23.2 Å². The number of aromatic nitrogens is 2. The third-order valence-corrected chi connectivity index (χ3v) is 2.58. The number of carbonyl (C=O) groups is 1. The molecule has 94 valence electrons. The van der Waals surface area contributed by atoms with Crippen LogP contribution in [-0.2, 0) is 4.74 Å². The molecule has 0 aliphatic carbocycles. The molecule has 0 unspecified atom stereocenters. The van der Waals surface area contributed by atoms with Crippen molar-refractivity contribution in [3.8, 4) is 11.3 Å². The molecule has 0 fully saturated rings. The van der Waals surface area contributed by atoms with Crippen molar-refractivity contribution < 1.29 is 14.7 Å². The minimum Gasteiger partial charge on any atom is -0.460 e. The van der Waals surface area contributed by atoms with Gasteiger partial charge in [0.15, 0.2) is 0 Å². The third kappa shape index (κ3) is 2.07. The van der Waals surface area contributed by atoms with Gasteiger partial charge in [-0.15, -0.1) is 0 Å². The van der Waals surface area contributed by atoms with Crippen molar-refractivity contribution in [1.29, 1.82) is 0 Å². The van der Waals surface area contributed by atoms with Crippen LogP contribution in [0.25, 0.3) is 11.3 Å². The van der Waals surface area contributed by atoms with Gasteiger partial charge in [0.05, 0.1) is 18.0 Å². The van der Waals surface area contributed by atoms with Crippen LogP contribution in [0, 0.1) is 6.92 Å². The summed E-state index contributed by atoms with van der Waals surface area (Å²) in [5.74, 6) is -0.738. The Morgan fingerprint density at radius 3 is 2.67 bits per heavy atom. The van der Waals surface area contributed by atoms with Gasteiger partial charge in [-0.25, -0.2) is 9.78 Å². The zero-order chi connectivity index (χ0) is 13.1. The number of hydrogen-bond acceptors (Lipinski definition) is 4. The van der Waals surface area contributed by atoms with Gasteiger partial charge in [-0.3, -0.25) is 0 Å². The fraction of sp³-hybridized carbons (Fsp3) is 0.231. The fourth-order valence-corrected chi connectivity index (χ4v) is 1.69. The van der Waals surface area contributed by atoms with Crippen LogP contribution >= 0.6 is 0 Å². The number of imidazole rings is 1. The molecule has 0 spiro atoms. The quantitative estimate of drug-likeness (QED) is 0.666. The SMILES string of the molecule is CCOC(=O)c1nc(-c2ccccc2)c(C)n1O. The van der Waals surface area contributed by atoms with E-state index in [1.54, 1.807) is 13.8 Å². The van der Waals surface area contributed by atoms with Gasteiger partial charge in [-0.05, 0) is 13.8 Å². The monoisotopic (exact) mass is 246 g/mol. The topological polar surface area (TPSA) is 64.3 Å². The lowest BCUT2D eigenvalue weighted by Gasteiger charge is -2.00. The molecule has 0 aliphatic heterocycles. The summed E-state index contributed by atoms with van der Waals surface area (Å²) in [7, 11) is 0. The zero-order valence-electron chi connectivity index (χ0n) is 10.3. The van der Waals surface area contributed by atoms with Gasteiger partial charge >= 0.3 is 5.97 Å². The summed E-state index contributed by atoms with van der Waals surface area (Å²) in [6.07, 6.45) is 0. The zero-order valence-corrected chi connectivity index (χ0v) is 10.3. The molecule has 1 heterocycles. The predicted octanol–water partition coefficient (Wildman–Crippen LogP) is 2.27. The highest BCUT2D eigenvalue weighted by molar-refractivity contribution is 5.87. The largest absolute Gasteiger partial charge is 0.460 e. The molecule has 0 atom stereocenters. The Kier molecular flexibility index (Phi) is 3.32. The summed E-state index contributed by atoms with van der Waals surface area (Å²) in [5.41, 5.74) is 1.92. The first kappa shape index (κ1) is 12.2. The Balaban J connectivity index is 2.46. The Labute approximate surface area is 105 Å². The summed E-state index contributed by atoms with van der Waals surface area (Å²) in [4.78, 5) is 15.7. The highest BCUT2D eigenvalue weighted by atomic mass is 16.5. The molecular formula is C13H14N2O3. The second-order valence-corrected chi connectivity index (χ2v) is 3.77. The van der Waals surface area contributed by atoms with E-state index in [9.17, 15) is 10.0 Å². The van der Waals surface area contributed by atoms with Crippen LogP contribution in [0.15, 0.2) is 30.3 Å². The summed E-state index contributed by atoms with van der Waals surface area (Å²) >= 11 is 0. The molecule has 0 amide bonds. The molecule has 0 saturated heterocycles. The number of esters is 1. The fourth-order valence-electron chi connectivity index (χ4n) is 1.69. The number of carbonyl (C=O) groups excluding carboxylic acids is 1. The first-order valence-corrected chi connectivity index (χ1v) is 5.66. The highest BCUT2D eigenvalue weighted by Gasteiger charge is 2.21. The van der Waals surface area contributed by atoms with Crippen LogP contribution in [0.3, 0.4) is 0 Å². The maximum absolute atomic E-state index is 11.6. The van der Waals surface area contributed by atoms with Gasteiger partial charge in [-0.2, -0.15) is 4.73 Å². The van der Waals surface area contributed by atoms with Gasteiger partial charge in [0.2, 0.25) is 0 Å². The molecule has 2 rings (SSSR count). The van der Waals surface area contributed by atoms with Crippen LogP contribution in [0.5, 0.6) is 0 Å². The normalized spacial score (nSPS) is 10.3. The van der Waals surface area contributed by atoms with E-state index in [-0.39, 0.29) is 12.4 Å². The van der Waals surface area contributed by atoms with Crippen molar-refractivity contribution in [1.82, 2.24) is 9.71 Å². The summed E-state index contributed by atoms with van der Waals surface area (Å²) in [6.45, 7) is 3.64. The molecule has 1 aromatic heterocycles. The summed E-state index contributed by atoms with van der Waals surface area (Å²) in [6, 6.07) is 9.36. The van der Waals surface area contributed by atoms with Crippen LogP contribution in [0.2, 0.25) is 0 Å². The lowest BCUT2D eigenvalue weighted by molar-refractivity contribution is 0.0463. The van der Waals surface area contributed by atoms with Gasteiger partial charge < -0.3 is 9.94 Å². The summed E-state index contributed by atoms with van der Waals surface area (Å²) < 4.78 is 5.59. The van der Waals surface area contributed by atoms with E-state index < -0.39 is 5.97 Å². The number of ether oxygens (including phenoxy) is 1. The van der Waals surface area contributed by atoms with E-state index >= 15 is 0 Å². The highest BCUT2D eigenvalue weighted by Crippen LogP contribution is 2.22. The number of rotatable bonds is 3. The first-order chi connectivity index (χ1) is 8.65. The minimum absolute atomic E-state index is 0.104. The maximum atomic E-state index is 11.6. The molecule has 2 aromatic rings. The average molecular weight is 246 g/mol. The second-order valence-electron chi connectivity index (χ2n) is 3.77. The smallest absolute Gasteiger partial charge is 0.377 e. The number of hydrogen-bond donors (Lipinski definition) is 1. The Bertz CT molecular complexity index is 561. The lowest BCUT2D eigenvalue weighted by Crippen LogP contribution is -2.12. The van der Waals surface area contributed by atoms with Crippen LogP contribution in [-0.4, -0.2) is 27.5 Å². The van der Waals surface area contributed by atoms with Gasteiger partial charge in [0.1, 0.15) is 0 Å². The minimum atomic E-state index is -0.634. The molecule has 0 aliphatic rings. The van der Waals surface area contributed by atoms with Crippen molar-refractivity contribution in [3.63, 3.8) is 0 Å². The molecule has 18 heavy (non-hydrogen) atoms. The standard InChI is InChI=1S/C13H14N2O3/c1-3-18-13(16)12-14-11(9(2)15(12)17)10-7-5-4-6-8-10/h4-8,17H,3H2,1-2H3. The number of nitrogens with zero attached hydrogens (tertiary/aromatic N) is 2. The van der Waals surface area contributed by atoms with E-state index in [0.717, 1.165) is 10.3 Å². The number of benzene rings is 1. The molecule has 0 bridgehead atoms. The first-order valence-electron chi connectivity index (χ1n) is 5.66. The van der Waals surface area contributed by atoms with Crippen molar-refractivity contribution >= 4 is 5.97 Å². The molecule has 1 aromatic carbocycles. The molecular weight excluding hydrogens is 232 g/mol. The predicted molar refractivity (Wildman–Crippen MR) is 65.5 cm³/mol. The van der Waals surface area contributed by atoms with Crippen molar-refractivity contribution in [2.75, 3.05) is 6.61 Å². The van der Waals surface area contributed by atoms with Crippen molar-refractivity contribution in [2.24, 2.45) is 0 Å². The van der Waals surface area contributed by atoms with Gasteiger partial charge in [0.25, 0.3) is 5.82 Å². The molecule has 5 heteroatoms. The Morgan fingerprint density at radius 2 is 2.06 bits per heavy atom. The lowest BCUT2D eigenvalue weighted by atomic mass is 10.1. The van der Waals surface area contributed by atoms with Gasteiger partial charge in [0, 0.05) is 5.56 Å². The van der Waals surface area contributed by atoms with E-state index in [4.69, 9.17) is 4.74 Å². The Hall–Kier alpha value is -2.30. The average Bonchev–Trinajstić information content (AvgIpc) is 2.68. The molecule has 1 N–H and O–H groups in total. The van der Waals surface area contributed by atoms with Gasteiger partial charge in [-0.1, -0.05) is 30.3 Å². The molecule has 0 saturated carbocycles. The van der Waals surface area contributed by atoms with Crippen LogP contribution in [0.4, 0.5) is 0 Å². The van der Waals surface area contributed by atoms with E-state index in [0.29, 0.717) is 11.4 Å². The van der Waals surface area contributed by atoms with Crippen molar-refractivity contribution in [3.05, 3.63) is 41.9 Å². The summed E-state index contributed by atoms with van der Waals surface area (Å²) in [5, 5.41) is 9.83.